The van der Waals surface area contributed by atoms with Gasteiger partial charge in [0, 0.05) is 17.7 Å². The van der Waals surface area contributed by atoms with Gasteiger partial charge >= 0.3 is 0 Å². The molecule has 1 atom stereocenters. The summed E-state index contributed by atoms with van der Waals surface area (Å²) in [6.07, 6.45) is 0.987. The third kappa shape index (κ3) is 3.48. The third-order valence-corrected chi connectivity index (χ3v) is 4.40. The molecule has 0 radical (unpaired) electrons. The summed E-state index contributed by atoms with van der Waals surface area (Å²) in [7, 11) is 0. The first-order chi connectivity index (χ1) is 13.7. The van der Waals surface area contributed by atoms with Crippen LogP contribution < -0.4 is 5.32 Å². The molecule has 142 valence electrons. The lowest BCUT2D eigenvalue weighted by Gasteiger charge is -2.09. The van der Waals surface area contributed by atoms with E-state index in [9.17, 15) is 4.79 Å². The van der Waals surface area contributed by atoms with Crippen LogP contribution in [-0.2, 0) is 6.54 Å². The van der Waals surface area contributed by atoms with E-state index in [1.54, 1.807) is 19.1 Å². The average Bonchev–Trinajstić information content (AvgIpc) is 3.36. The molecule has 2 heterocycles. The topological polar surface area (TPSA) is 98.7 Å². The zero-order chi connectivity index (χ0) is 19.5. The van der Waals surface area contributed by atoms with Gasteiger partial charge in [-0.3, -0.25) is 4.79 Å². The molecule has 0 fully saturated rings. The van der Waals surface area contributed by atoms with Crippen LogP contribution in [0.2, 0.25) is 0 Å². The second-order valence-corrected chi connectivity index (χ2v) is 6.53. The van der Waals surface area contributed by atoms with Gasteiger partial charge in [-0.2, -0.15) is 4.98 Å². The lowest BCUT2D eigenvalue weighted by molar-refractivity contribution is 0.0932. The van der Waals surface area contributed by atoms with Gasteiger partial charge in [-0.05, 0) is 43.7 Å². The largest absolute Gasteiger partial charge is 0.341 e. The molecular weight excluding hydrogens is 356 g/mol. The number of amides is 1. The van der Waals surface area contributed by atoms with Crippen molar-refractivity contribution in [2.45, 2.75) is 32.9 Å². The van der Waals surface area contributed by atoms with Crippen molar-refractivity contribution in [3.05, 3.63) is 60.0 Å². The molecule has 28 heavy (non-hydrogen) atoms. The minimum Gasteiger partial charge on any atom is -0.341 e. The third-order valence-electron chi connectivity index (χ3n) is 4.40. The Hall–Kier alpha value is -3.55. The van der Waals surface area contributed by atoms with Gasteiger partial charge in [0.1, 0.15) is 11.6 Å². The first-order valence-corrected chi connectivity index (χ1v) is 9.19. The molecule has 0 saturated heterocycles. The Morgan fingerprint density at radius 1 is 1.21 bits per heavy atom. The summed E-state index contributed by atoms with van der Waals surface area (Å²) in [4.78, 5) is 16.7. The minimum absolute atomic E-state index is 0.193. The van der Waals surface area contributed by atoms with Crippen LogP contribution in [0.25, 0.3) is 22.4 Å². The quantitative estimate of drug-likeness (QED) is 0.554. The van der Waals surface area contributed by atoms with E-state index in [1.165, 1.54) is 0 Å². The number of aryl methyl sites for hydroxylation is 1. The van der Waals surface area contributed by atoms with Crippen molar-refractivity contribution in [1.29, 1.82) is 0 Å². The van der Waals surface area contributed by atoms with Crippen LogP contribution in [0.1, 0.15) is 42.6 Å². The van der Waals surface area contributed by atoms with Gasteiger partial charge in [0.25, 0.3) is 5.91 Å². The number of carbonyl (C=O) groups is 1. The Balaban J connectivity index is 1.52. The summed E-state index contributed by atoms with van der Waals surface area (Å²) < 4.78 is 7.23. The van der Waals surface area contributed by atoms with E-state index in [0.29, 0.717) is 17.3 Å². The average molecular weight is 376 g/mol. The Bertz CT molecular complexity index is 1100. The van der Waals surface area contributed by atoms with Crippen molar-refractivity contribution in [2.24, 2.45) is 0 Å². The molecule has 1 N–H and O–H groups in total. The molecule has 4 rings (SSSR count). The molecule has 2 aromatic carbocycles. The van der Waals surface area contributed by atoms with E-state index in [-0.39, 0.29) is 5.91 Å². The van der Waals surface area contributed by atoms with Gasteiger partial charge in [-0.15, -0.1) is 5.10 Å². The molecule has 1 unspecified atom stereocenters. The van der Waals surface area contributed by atoms with Crippen molar-refractivity contribution in [3.8, 4) is 11.4 Å². The summed E-state index contributed by atoms with van der Waals surface area (Å²) in [5.41, 5.74) is 3.11. The van der Waals surface area contributed by atoms with Crippen LogP contribution in [0.3, 0.4) is 0 Å². The molecule has 8 heteroatoms. The molecule has 0 aliphatic rings. The predicted molar refractivity (Wildman–Crippen MR) is 103 cm³/mol. The first kappa shape index (κ1) is 17.8. The highest BCUT2D eigenvalue weighted by atomic mass is 16.5. The molecule has 0 saturated carbocycles. The Morgan fingerprint density at radius 2 is 2.04 bits per heavy atom. The Kier molecular flexibility index (Phi) is 4.84. The fourth-order valence-electron chi connectivity index (χ4n) is 2.95. The highest BCUT2D eigenvalue weighted by Gasteiger charge is 2.18. The molecule has 0 spiro atoms. The maximum atomic E-state index is 12.3. The molecule has 4 aromatic rings. The van der Waals surface area contributed by atoms with E-state index in [2.05, 4.69) is 32.7 Å². The van der Waals surface area contributed by atoms with Gasteiger partial charge in [0.15, 0.2) is 0 Å². The zero-order valence-electron chi connectivity index (χ0n) is 15.7. The molecule has 0 aliphatic carbocycles. The minimum atomic E-state index is -0.414. The van der Waals surface area contributed by atoms with Gasteiger partial charge in [0.05, 0.1) is 5.52 Å². The number of carbonyl (C=O) groups excluding carboxylic acids is 1. The van der Waals surface area contributed by atoms with Crippen LogP contribution in [0, 0.1) is 0 Å². The summed E-state index contributed by atoms with van der Waals surface area (Å²) in [6, 6.07) is 14.3. The van der Waals surface area contributed by atoms with E-state index in [1.807, 2.05) is 41.1 Å². The molecule has 1 amide bonds. The van der Waals surface area contributed by atoms with Crippen molar-refractivity contribution in [2.75, 3.05) is 0 Å². The number of nitrogens with one attached hydrogen (secondary N) is 1. The lowest BCUT2D eigenvalue weighted by Crippen LogP contribution is -2.26. The summed E-state index contributed by atoms with van der Waals surface area (Å²) >= 11 is 0. The van der Waals surface area contributed by atoms with E-state index < -0.39 is 6.04 Å². The fourth-order valence-corrected chi connectivity index (χ4v) is 2.95. The number of rotatable bonds is 6. The van der Waals surface area contributed by atoms with Gasteiger partial charge < -0.3 is 9.84 Å². The molecular formula is C20H20N6O2. The fraction of sp³-hybridized carbons (Fsp3) is 0.250. The highest BCUT2D eigenvalue weighted by Crippen LogP contribution is 2.23. The van der Waals surface area contributed by atoms with Crippen LogP contribution in [-0.4, -0.2) is 31.0 Å². The summed E-state index contributed by atoms with van der Waals surface area (Å²) in [5.74, 6) is 0.596. The molecule has 0 aliphatic heterocycles. The van der Waals surface area contributed by atoms with Gasteiger partial charge in [0.2, 0.25) is 11.7 Å². The van der Waals surface area contributed by atoms with Crippen LogP contribution in [0.5, 0.6) is 0 Å². The second kappa shape index (κ2) is 7.59. The number of hydrogen-bond acceptors (Lipinski definition) is 6. The number of hydrogen-bond donors (Lipinski definition) is 1. The Labute approximate surface area is 161 Å². The first-order valence-electron chi connectivity index (χ1n) is 9.19. The number of aromatic nitrogens is 5. The van der Waals surface area contributed by atoms with Crippen molar-refractivity contribution in [3.63, 3.8) is 0 Å². The van der Waals surface area contributed by atoms with Crippen molar-refractivity contribution >= 4 is 16.9 Å². The molecule has 8 nitrogen and oxygen atoms in total. The summed E-state index contributed by atoms with van der Waals surface area (Å²) in [6.45, 7) is 4.72. The van der Waals surface area contributed by atoms with Gasteiger partial charge in [-0.25, -0.2) is 4.68 Å². The Morgan fingerprint density at radius 3 is 2.82 bits per heavy atom. The van der Waals surface area contributed by atoms with Gasteiger partial charge in [-0.1, -0.05) is 35.5 Å². The number of benzene rings is 2. The maximum Gasteiger partial charge on any atom is 0.251 e. The highest BCUT2D eigenvalue weighted by molar-refractivity contribution is 5.94. The molecule has 0 bridgehead atoms. The standard InChI is InChI=1S/C20H20N6O2/c1-3-11-26-17-10-9-15(12-16(17)23-25-26)18-22-20(28-24-18)13(2)21-19(27)14-7-5-4-6-8-14/h4-10,12-13H,3,11H2,1-2H3,(H,21,27). The van der Waals surface area contributed by atoms with Crippen molar-refractivity contribution < 1.29 is 9.32 Å². The maximum absolute atomic E-state index is 12.3. The second-order valence-electron chi connectivity index (χ2n) is 6.53. The van der Waals surface area contributed by atoms with E-state index in [0.717, 1.165) is 29.6 Å². The van der Waals surface area contributed by atoms with Crippen molar-refractivity contribution in [1.82, 2.24) is 30.5 Å². The SMILES string of the molecule is CCCn1nnc2cc(-c3noc(C(C)NC(=O)c4ccccc4)n3)ccc21. The normalized spacial score (nSPS) is 12.2. The van der Waals surface area contributed by atoms with E-state index in [4.69, 9.17) is 4.52 Å². The molecule has 2 aromatic heterocycles. The zero-order valence-corrected chi connectivity index (χ0v) is 15.7. The lowest BCUT2D eigenvalue weighted by atomic mass is 10.2. The monoisotopic (exact) mass is 376 g/mol. The number of nitrogens with zero attached hydrogens (tertiary/aromatic N) is 5. The van der Waals surface area contributed by atoms with Crippen LogP contribution in [0.15, 0.2) is 53.1 Å². The van der Waals surface area contributed by atoms with Crippen LogP contribution >= 0.6 is 0 Å². The summed E-state index contributed by atoms with van der Waals surface area (Å²) in [5, 5.41) is 15.3. The van der Waals surface area contributed by atoms with Crippen LogP contribution in [0.4, 0.5) is 0 Å². The number of fused-ring (bicyclic) bond motifs is 1. The van der Waals surface area contributed by atoms with E-state index >= 15 is 0 Å². The smallest absolute Gasteiger partial charge is 0.251 e. The predicted octanol–water partition coefficient (Wildman–Crippen LogP) is 3.38.